The van der Waals surface area contributed by atoms with E-state index in [-0.39, 0.29) is 17.1 Å². The van der Waals surface area contributed by atoms with Crippen molar-refractivity contribution in [2.75, 3.05) is 12.4 Å². The van der Waals surface area contributed by atoms with Crippen LogP contribution in [0.3, 0.4) is 0 Å². The van der Waals surface area contributed by atoms with Gasteiger partial charge in [0.2, 0.25) is 0 Å². The lowest BCUT2D eigenvalue weighted by Gasteiger charge is -2.15. The molecule has 0 saturated carbocycles. The number of hydrogen-bond acceptors (Lipinski definition) is 6. The van der Waals surface area contributed by atoms with E-state index in [1.807, 2.05) is 12.1 Å². The number of non-ortho nitro benzene ring substituents is 1. The molecule has 0 radical (unpaired) electrons. The Kier molecular flexibility index (Phi) is 7.30. The van der Waals surface area contributed by atoms with Crippen molar-refractivity contribution in [1.29, 1.82) is 0 Å². The highest BCUT2D eigenvalue weighted by molar-refractivity contribution is 5.98. The van der Waals surface area contributed by atoms with E-state index >= 15 is 0 Å². The highest BCUT2D eigenvalue weighted by atomic mass is 16.6. The van der Waals surface area contributed by atoms with Crippen molar-refractivity contribution in [3.8, 4) is 5.75 Å². The maximum atomic E-state index is 12.4. The van der Waals surface area contributed by atoms with E-state index in [0.29, 0.717) is 11.5 Å². The van der Waals surface area contributed by atoms with E-state index in [1.54, 1.807) is 12.1 Å². The molecule has 0 spiro atoms. The van der Waals surface area contributed by atoms with Crippen molar-refractivity contribution in [2.24, 2.45) is 5.92 Å². The van der Waals surface area contributed by atoms with Gasteiger partial charge in [0.15, 0.2) is 6.10 Å². The van der Waals surface area contributed by atoms with Gasteiger partial charge in [-0.25, -0.2) is 4.79 Å². The minimum atomic E-state index is -1.11. The largest absolute Gasteiger partial charge is 0.495 e. The molecule has 0 aliphatic carbocycles. The molecule has 0 aromatic heterocycles. The Morgan fingerprint density at radius 1 is 1.10 bits per heavy atom. The molecule has 8 nitrogen and oxygen atoms in total. The van der Waals surface area contributed by atoms with Crippen molar-refractivity contribution in [3.63, 3.8) is 0 Å². The molecule has 0 unspecified atom stereocenters. The Morgan fingerprint density at radius 3 is 2.31 bits per heavy atom. The van der Waals surface area contributed by atoms with Crippen molar-refractivity contribution in [1.82, 2.24) is 0 Å². The first-order chi connectivity index (χ1) is 13.7. The number of carbonyl (C=O) groups excluding carboxylic acids is 2. The number of carbonyl (C=O) groups is 2. The number of anilines is 1. The Bertz CT molecular complexity index is 893. The Morgan fingerprint density at radius 2 is 1.76 bits per heavy atom. The molecule has 1 atom stereocenters. The summed E-state index contributed by atoms with van der Waals surface area (Å²) in [7, 11) is 1.38. The Balaban J connectivity index is 2.04. The summed E-state index contributed by atoms with van der Waals surface area (Å²) in [5.41, 5.74) is 1.37. The maximum absolute atomic E-state index is 12.4. The number of benzene rings is 2. The van der Waals surface area contributed by atoms with E-state index in [0.717, 1.165) is 12.0 Å². The third-order valence-electron chi connectivity index (χ3n) is 4.14. The van der Waals surface area contributed by atoms with Crippen LogP contribution < -0.4 is 10.1 Å². The lowest BCUT2D eigenvalue weighted by Crippen LogP contribution is -2.30. The summed E-state index contributed by atoms with van der Waals surface area (Å²) in [5, 5.41) is 13.4. The molecule has 0 saturated heterocycles. The highest BCUT2D eigenvalue weighted by Gasteiger charge is 2.21. The third kappa shape index (κ3) is 6.03. The van der Waals surface area contributed by atoms with Gasteiger partial charge in [0.25, 0.3) is 11.6 Å². The van der Waals surface area contributed by atoms with E-state index in [4.69, 9.17) is 9.47 Å². The van der Waals surface area contributed by atoms with Gasteiger partial charge in [0, 0.05) is 12.1 Å². The average molecular weight is 400 g/mol. The number of nitro groups is 1. The van der Waals surface area contributed by atoms with Crippen molar-refractivity contribution in [3.05, 3.63) is 63.7 Å². The summed E-state index contributed by atoms with van der Waals surface area (Å²) >= 11 is 0. The summed E-state index contributed by atoms with van der Waals surface area (Å²) in [5.74, 6) is -0.506. The molecule has 154 valence electrons. The van der Waals surface area contributed by atoms with Gasteiger partial charge in [-0.2, -0.15) is 0 Å². The lowest BCUT2D eigenvalue weighted by molar-refractivity contribution is -0.384. The molecule has 2 aromatic carbocycles. The zero-order chi connectivity index (χ0) is 21.6. The molecule has 0 bridgehead atoms. The van der Waals surface area contributed by atoms with Gasteiger partial charge in [-0.15, -0.1) is 0 Å². The molecule has 29 heavy (non-hydrogen) atoms. The normalized spacial score (nSPS) is 11.6. The van der Waals surface area contributed by atoms with Crippen LogP contribution in [0.5, 0.6) is 5.75 Å². The van der Waals surface area contributed by atoms with Gasteiger partial charge in [-0.1, -0.05) is 26.0 Å². The standard InChI is InChI=1S/C21H24N2O6/c1-13(2)11-15-5-7-16(8-6-15)21(25)29-14(3)20(24)22-18-12-17(23(26)27)9-10-19(18)28-4/h5-10,12-14H,11H2,1-4H3,(H,22,24)/t14-/m1/s1. The van der Waals surface area contributed by atoms with Gasteiger partial charge in [0.05, 0.1) is 23.3 Å². The number of esters is 1. The SMILES string of the molecule is COc1ccc([N+](=O)[O-])cc1NC(=O)[C@@H](C)OC(=O)c1ccc(CC(C)C)cc1. The maximum Gasteiger partial charge on any atom is 0.338 e. The predicted molar refractivity (Wildman–Crippen MR) is 108 cm³/mol. The fourth-order valence-corrected chi connectivity index (χ4v) is 2.67. The van der Waals surface area contributed by atoms with Crippen LogP contribution in [0.2, 0.25) is 0 Å². The molecule has 0 fully saturated rings. The summed E-state index contributed by atoms with van der Waals surface area (Å²) in [6.07, 6.45) is -0.207. The van der Waals surface area contributed by atoms with Crippen molar-refractivity contribution in [2.45, 2.75) is 33.3 Å². The zero-order valence-corrected chi connectivity index (χ0v) is 16.8. The summed E-state index contributed by atoms with van der Waals surface area (Å²) in [6, 6.07) is 10.9. The molecular formula is C21H24N2O6. The minimum absolute atomic E-state index is 0.118. The summed E-state index contributed by atoms with van der Waals surface area (Å²) in [6.45, 7) is 5.64. The lowest BCUT2D eigenvalue weighted by atomic mass is 10.0. The first-order valence-corrected chi connectivity index (χ1v) is 9.14. The fourth-order valence-electron chi connectivity index (χ4n) is 2.67. The van der Waals surface area contributed by atoms with E-state index in [1.165, 1.54) is 32.2 Å². The third-order valence-corrected chi connectivity index (χ3v) is 4.14. The topological polar surface area (TPSA) is 108 Å². The Hall–Kier alpha value is -3.42. The number of methoxy groups -OCH3 is 1. The fraction of sp³-hybridized carbons (Fsp3) is 0.333. The molecular weight excluding hydrogens is 376 g/mol. The van der Waals surface area contributed by atoms with Crippen molar-refractivity contribution >= 4 is 23.3 Å². The number of hydrogen-bond donors (Lipinski definition) is 1. The van der Waals surface area contributed by atoms with E-state index < -0.39 is 22.9 Å². The summed E-state index contributed by atoms with van der Waals surface area (Å²) < 4.78 is 10.3. The minimum Gasteiger partial charge on any atom is -0.495 e. The molecule has 0 aliphatic rings. The van der Waals surface area contributed by atoms with Crippen LogP contribution in [0.25, 0.3) is 0 Å². The molecule has 2 aromatic rings. The Labute approximate surface area is 169 Å². The molecule has 2 rings (SSSR count). The van der Waals surface area contributed by atoms with Gasteiger partial charge < -0.3 is 14.8 Å². The van der Waals surface area contributed by atoms with Crippen LogP contribution in [0, 0.1) is 16.0 Å². The predicted octanol–water partition coefficient (Wildman–Crippen LogP) is 3.99. The number of ether oxygens (including phenoxy) is 2. The zero-order valence-electron chi connectivity index (χ0n) is 16.8. The monoisotopic (exact) mass is 400 g/mol. The molecule has 0 aliphatic heterocycles. The molecule has 8 heteroatoms. The molecule has 0 heterocycles. The number of nitro benzene ring substituents is 1. The number of nitrogens with zero attached hydrogens (tertiary/aromatic N) is 1. The van der Waals surface area contributed by atoms with Gasteiger partial charge in [0.1, 0.15) is 5.75 Å². The second-order valence-corrected chi connectivity index (χ2v) is 6.97. The first-order valence-electron chi connectivity index (χ1n) is 9.14. The quantitative estimate of drug-likeness (QED) is 0.408. The number of amides is 1. The first kappa shape index (κ1) is 21.9. The highest BCUT2D eigenvalue weighted by Crippen LogP contribution is 2.29. The van der Waals surface area contributed by atoms with Gasteiger partial charge in [-0.3, -0.25) is 14.9 Å². The van der Waals surface area contributed by atoms with E-state index in [9.17, 15) is 19.7 Å². The average Bonchev–Trinajstić information content (AvgIpc) is 2.67. The smallest absolute Gasteiger partial charge is 0.338 e. The van der Waals surface area contributed by atoms with Crippen LogP contribution in [0.1, 0.15) is 36.7 Å². The van der Waals surface area contributed by atoms with Gasteiger partial charge in [-0.05, 0) is 43.0 Å². The van der Waals surface area contributed by atoms with E-state index in [2.05, 4.69) is 19.2 Å². The second kappa shape index (κ2) is 9.68. The number of rotatable bonds is 8. The van der Waals surface area contributed by atoms with Crippen LogP contribution >= 0.6 is 0 Å². The van der Waals surface area contributed by atoms with Crippen molar-refractivity contribution < 1.29 is 24.0 Å². The number of nitrogens with one attached hydrogen (secondary N) is 1. The molecule has 1 N–H and O–H groups in total. The second-order valence-electron chi connectivity index (χ2n) is 6.97. The summed E-state index contributed by atoms with van der Waals surface area (Å²) in [4.78, 5) is 35.0. The molecule has 1 amide bonds. The van der Waals surface area contributed by atoms with Crippen LogP contribution in [0.15, 0.2) is 42.5 Å². The van der Waals surface area contributed by atoms with Crippen LogP contribution in [-0.4, -0.2) is 30.0 Å². The van der Waals surface area contributed by atoms with Gasteiger partial charge >= 0.3 is 5.97 Å². The van der Waals surface area contributed by atoms with Crippen LogP contribution in [-0.2, 0) is 16.0 Å². The van der Waals surface area contributed by atoms with Crippen LogP contribution in [0.4, 0.5) is 11.4 Å².